The third-order valence-electron chi connectivity index (χ3n) is 6.76. The number of hydrogen-bond acceptors (Lipinski definition) is 5. The number of hydrogen-bond donors (Lipinski definition) is 1. The topological polar surface area (TPSA) is 58.9 Å². The third kappa shape index (κ3) is 7.38. The SMILES string of the molecule is CC(Nc1nccc(C2CCCCN2c2nc(-c3cccc(C(F)(F)F)c3)cn2C)n1)c1ccccc1.Cl.Cl.Cl. The van der Waals surface area contributed by atoms with Crippen molar-refractivity contribution >= 4 is 49.1 Å². The van der Waals surface area contributed by atoms with Gasteiger partial charge in [0.25, 0.3) is 0 Å². The van der Waals surface area contributed by atoms with Crippen molar-refractivity contribution in [2.45, 2.75) is 44.4 Å². The molecule has 5 rings (SSSR count). The van der Waals surface area contributed by atoms with Crippen molar-refractivity contribution in [3.8, 4) is 11.3 Å². The van der Waals surface area contributed by atoms with Crippen molar-refractivity contribution < 1.29 is 13.2 Å². The highest BCUT2D eigenvalue weighted by atomic mass is 35.5. The van der Waals surface area contributed by atoms with Gasteiger partial charge in [-0.1, -0.05) is 42.5 Å². The summed E-state index contributed by atoms with van der Waals surface area (Å²) in [5.41, 5.74) is 2.30. The maximum Gasteiger partial charge on any atom is 0.416 e. The van der Waals surface area contributed by atoms with Crippen LogP contribution in [-0.4, -0.2) is 26.1 Å². The Hall–Kier alpha value is -3.01. The van der Waals surface area contributed by atoms with E-state index in [9.17, 15) is 13.2 Å². The zero-order chi connectivity index (χ0) is 26.0. The van der Waals surface area contributed by atoms with Gasteiger partial charge in [0.2, 0.25) is 11.9 Å². The summed E-state index contributed by atoms with van der Waals surface area (Å²) < 4.78 is 41.6. The van der Waals surface area contributed by atoms with E-state index in [-0.39, 0.29) is 49.3 Å². The predicted octanol–water partition coefficient (Wildman–Crippen LogP) is 8.07. The van der Waals surface area contributed by atoms with Crippen molar-refractivity contribution in [2.24, 2.45) is 7.05 Å². The Balaban J connectivity index is 0.00000187. The van der Waals surface area contributed by atoms with Gasteiger partial charge >= 0.3 is 6.18 Å². The van der Waals surface area contributed by atoms with Gasteiger partial charge in [0.1, 0.15) is 0 Å². The minimum Gasteiger partial charge on any atom is -0.348 e. The number of anilines is 2. The first kappa shape index (κ1) is 33.2. The maximum atomic E-state index is 13.3. The molecule has 4 aromatic rings. The molecule has 1 N–H and O–H groups in total. The van der Waals surface area contributed by atoms with E-state index in [0.29, 0.717) is 23.2 Å². The van der Waals surface area contributed by atoms with Crippen LogP contribution in [0.25, 0.3) is 11.3 Å². The Morgan fingerprint density at radius 3 is 2.42 bits per heavy atom. The van der Waals surface area contributed by atoms with Crippen LogP contribution in [0.4, 0.5) is 25.1 Å². The highest BCUT2D eigenvalue weighted by molar-refractivity contribution is 5.86. The average Bonchev–Trinajstić information content (AvgIpc) is 3.30. The largest absolute Gasteiger partial charge is 0.416 e. The molecular formula is C28H32Cl3F3N6. The van der Waals surface area contributed by atoms with Crippen molar-refractivity contribution in [1.29, 1.82) is 0 Å². The lowest BCUT2D eigenvalue weighted by Gasteiger charge is -2.36. The van der Waals surface area contributed by atoms with Gasteiger partial charge in [0.15, 0.2) is 0 Å². The standard InChI is InChI=1S/C28H29F3N6.3ClH/c1-19(20-9-4-3-5-10-20)33-26-32-15-14-23(34-26)25-13-6-7-16-37(25)27-35-24(18-36(27)2)21-11-8-12-22(17-21)28(29,30)31;;;/h3-5,8-12,14-15,17-19,25H,6-7,13,16H2,1-2H3,(H,32,33,34);3*1H. The molecule has 12 heteroatoms. The molecule has 216 valence electrons. The monoisotopic (exact) mass is 614 g/mol. The Bertz CT molecular complexity index is 1370. The lowest BCUT2D eigenvalue weighted by Crippen LogP contribution is -2.35. The number of aromatic nitrogens is 4. The van der Waals surface area contributed by atoms with Crippen LogP contribution in [0.3, 0.4) is 0 Å². The van der Waals surface area contributed by atoms with Gasteiger partial charge in [-0.15, -0.1) is 37.2 Å². The zero-order valence-corrected chi connectivity index (χ0v) is 24.5. The molecule has 1 saturated heterocycles. The van der Waals surface area contributed by atoms with Crippen LogP contribution < -0.4 is 10.2 Å². The molecule has 6 nitrogen and oxygen atoms in total. The van der Waals surface area contributed by atoms with Crippen LogP contribution in [0, 0.1) is 0 Å². The van der Waals surface area contributed by atoms with E-state index in [1.54, 1.807) is 18.5 Å². The summed E-state index contributed by atoms with van der Waals surface area (Å²) in [5, 5.41) is 3.39. The highest BCUT2D eigenvalue weighted by Gasteiger charge is 2.32. The highest BCUT2D eigenvalue weighted by Crippen LogP contribution is 2.36. The summed E-state index contributed by atoms with van der Waals surface area (Å²) in [5.74, 6) is 1.27. The van der Waals surface area contributed by atoms with E-state index >= 15 is 0 Å². The first-order valence-electron chi connectivity index (χ1n) is 12.4. The Kier molecular flexibility index (Phi) is 11.7. The molecule has 40 heavy (non-hydrogen) atoms. The van der Waals surface area contributed by atoms with Gasteiger partial charge in [-0.2, -0.15) is 13.2 Å². The van der Waals surface area contributed by atoms with Crippen molar-refractivity contribution in [1.82, 2.24) is 19.5 Å². The van der Waals surface area contributed by atoms with Gasteiger partial charge in [-0.05, 0) is 49.9 Å². The predicted molar refractivity (Wildman–Crippen MR) is 160 cm³/mol. The molecule has 0 bridgehead atoms. The zero-order valence-electron chi connectivity index (χ0n) is 22.0. The summed E-state index contributed by atoms with van der Waals surface area (Å²) in [7, 11) is 1.87. The third-order valence-corrected chi connectivity index (χ3v) is 6.76. The van der Waals surface area contributed by atoms with Crippen LogP contribution in [0.5, 0.6) is 0 Å². The molecule has 0 saturated carbocycles. The minimum atomic E-state index is -4.40. The van der Waals surface area contributed by atoms with Gasteiger partial charge in [-0.3, -0.25) is 0 Å². The van der Waals surface area contributed by atoms with Crippen LogP contribution in [-0.2, 0) is 13.2 Å². The summed E-state index contributed by atoms with van der Waals surface area (Å²) in [6.07, 6.45) is 2.11. The number of nitrogens with one attached hydrogen (secondary N) is 1. The fourth-order valence-corrected chi connectivity index (χ4v) is 4.84. The molecule has 0 amide bonds. The maximum absolute atomic E-state index is 13.3. The lowest BCUT2D eigenvalue weighted by atomic mass is 9.99. The number of benzene rings is 2. The molecule has 3 heterocycles. The van der Waals surface area contributed by atoms with E-state index in [2.05, 4.69) is 34.3 Å². The average molecular weight is 616 g/mol. The van der Waals surface area contributed by atoms with Crippen LogP contribution in [0.15, 0.2) is 73.1 Å². The molecule has 1 aliphatic heterocycles. The van der Waals surface area contributed by atoms with Crippen molar-refractivity contribution in [3.63, 3.8) is 0 Å². The van der Waals surface area contributed by atoms with Crippen LogP contribution in [0.1, 0.15) is 55.1 Å². The minimum absolute atomic E-state index is 0. The molecule has 0 spiro atoms. The van der Waals surface area contributed by atoms with Crippen LogP contribution >= 0.6 is 37.2 Å². The van der Waals surface area contributed by atoms with Gasteiger partial charge in [0, 0.05) is 31.5 Å². The lowest BCUT2D eigenvalue weighted by molar-refractivity contribution is -0.137. The molecule has 1 fully saturated rings. The van der Waals surface area contributed by atoms with Gasteiger partial charge in [0.05, 0.1) is 29.0 Å². The number of nitrogens with zero attached hydrogens (tertiary/aromatic N) is 5. The van der Waals surface area contributed by atoms with E-state index in [0.717, 1.165) is 49.2 Å². The Labute approximate surface area is 250 Å². The summed E-state index contributed by atoms with van der Waals surface area (Å²) in [6, 6.07) is 17.4. The molecular weight excluding hydrogens is 584 g/mol. The number of aryl methyl sites for hydroxylation is 1. The normalized spacial score (nSPS) is 15.7. The van der Waals surface area contributed by atoms with E-state index < -0.39 is 11.7 Å². The van der Waals surface area contributed by atoms with E-state index in [1.807, 2.05) is 35.9 Å². The molecule has 2 aromatic heterocycles. The number of alkyl halides is 3. The summed E-state index contributed by atoms with van der Waals surface area (Å²) in [6.45, 7) is 2.85. The fourth-order valence-electron chi connectivity index (χ4n) is 4.84. The molecule has 0 radical (unpaired) electrons. The second kappa shape index (κ2) is 14.1. The van der Waals surface area contributed by atoms with Gasteiger partial charge < -0.3 is 14.8 Å². The fraction of sp³-hybridized carbons (Fsp3) is 0.321. The summed E-state index contributed by atoms with van der Waals surface area (Å²) >= 11 is 0. The second-order valence-corrected chi connectivity index (χ2v) is 9.40. The van der Waals surface area contributed by atoms with Crippen LogP contribution in [0.2, 0.25) is 0 Å². The first-order chi connectivity index (χ1) is 17.8. The Morgan fingerprint density at radius 2 is 1.70 bits per heavy atom. The molecule has 1 aliphatic rings. The van der Waals surface area contributed by atoms with E-state index in [1.165, 1.54) is 6.07 Å². The number of rotatable bonds is 6. The van der Waals surface area contributed by atoms with Crippen molar-refractivity contribution in [2.75, 3.05) is 16.8 Å². The molecule has 0 aliphatic carbocycles. The smallest absolute Gasteiger partial charge is 0.348 e. The number of imidazole rings is 1. The Morgan fingerprint density at radius 1 is 0.950 bits per heavy atom. The molecule has 2 unspecified atom stereocenters. The van der Waals surface area contributed by atoms with Crippen molar-refractivity contribution in [3.05, 3.63) is 89.9 Å². The molecule has 2 aromatic carbocycles. The van der Waals surface area contributed by atoms with Gasteiger partial charge in [-0.25, -0.2) is 15.0 Å². The van der Waals surface area contributed by atoms with E-state index in [4.69, 9.17) is 9.97 Å². The first-order valence-corrected chi connectivity index (χ1v) is 12.4. The number of piperidine rings is 1. The summed E-state index contributed by atoms with van der Waals surface area (Å²) in [4.78, 5) is 16.3. The number of halogens is 6. The molecule has 2 atom stereocenters. The second-order valence-electron chi connectivity index (χ2n) is 9.40. The quantitative estimate of drug-likeness (QED) is 0.238.